The lowest BCUT2D eigenvalue weighted by Crippen LogP contribution is -2.46. The number of likely N-dealkylation sites (tertiary alicyclic amines) is 1. The van der Waals surface area contributed by atoms with Crippen molar-refractivity contribution in [2.75, 3.05) is 32.1 Å². The van der Waals surface area contributed by atoms with Crippen LogP contribution in [0.25, 0.3) is 0 Å². The van der Waals surface area contributed by atoms with Gasteiger partial charge in [0.25, 0.3) is 11.8 Å². The molecule has 1 N–H and O–H groups in total. The van der Waals surface area contributed by atoms with Crippen molar-refractivity contribution in [2.24, 2.45) is 0 Å². The van der Waals surface area contributed by atoms with E-state index in [1.807, 2.05) is 49.3 Å². The molecule has 6 heteroatoms. The molecule has 0 radical (unpaired) electrons. The Balaban J connectivity index is 1.52. The van der Waals surface area contributed by atoms with Crippen LogP contribution in [0.2, 0.25) is 0 Å². The highest BCUT2D eigenvalue weighted by Gasteiger charge is 2.25. The van der Waals surface area contributed by atoms with E-state index in [-0.39, 0.29) is 17.9 Å². The number of hydrogen-bond acceptors (Lipinski definition) is 4. The summed E-state index contributed by atoms with van der Waals surface area (Å²) < 4.78 is 0. The predicted octanol–water partition coefficient (Wildman–Crippen LogP) is 2.18. The fraction of sp³-hybridized carbons (Fsp3) is 0.350. The highest BCUT2D eigenvalue weighted by molar-refractivity contribution is 5.95. The molecule has 136 valence electrons. The van der Waals surface area contributed by atoms with Gasteiger partial charge in [0.2, 0.25) is 0 Å². The zero-order valence-electron chi connectivity index (χ0n) is 15.2. The number of benzene rings is 1. The van der Waals surface area contributed by atoms with Crippen LogP contribution in [0.4, 0.5) is 5.69 Å². The first-order valence-electron chi connectivity index (χ1n) is 8.83. The van der Waals surface area contributed by atoms with E-state index in [2.05, 4.69) is 10.3 Å². The molecule has 2 amide bonds. The average Bonchev–Trinajstić information content (AvgIpc) is 2.68. The van der Waals surface area contributed by atoms with Gasteiger partial charge in [0, 0.05) is 50.7 Å². The number of anilines is 1. The molecule has 3 rings (SSSR count). The largest absolute Gasteiger partial charge is 0.378 e. The Hall–Kier alpha value is -2.89. The number of carbonyl (C=O) groups excluding carboxylic acids is 2. The summed E-state index contributed by atoms with van der Waals surface area (Å²) >= 11 is 0. The van der Waals surface area contributed by atoms with Crippen LogP contribution in [0.3, 0.4) is 0 Å². The van der Waals surface area contributed by atoms with E-state index in [9.17, 15) is 9.59 Å². The SMILES string of the molecule is CN(C)c1ccc(C(=O)NC2CCN(C(=O)c3ccccn3)CC2)cc1. The number of aromatic nitrogens is 1. The zero-order chi connectivity index (χ0) is 18.5. The van der Waals surface area contributed by atoms with Gasteiger partial charge in [0.15, 0.2) is 0 Å². The molecule has 0 bridgehead atoms. The van der Waals surface area contributed by atoms with Crippen LogP contribution >= 0.6 is 0 Å². The monoisotopic (exact) mass is 352 g/mol. The summed E-state index contributed by atoms with van der Waals surface area (Å²) in [6.45, 7) is 1.25. The van der Waals surface area contributed by atoms with E-state index in [0.29, 0.717) is 24.3 Å². The maximum Gasteiger partial charge on any atom is 0.272 e. The van der Waals surface area contributed by atoms with Crippen molar-refractivity contribution >= 4 is 17.5 Å². The minimum atomic E-state index is -0.0650. The van der Waals surface area contributed by atoms with E-state index >= 15 is 0 Å². The van der Waals surface area contributed by atoms with Crippen LogP contribution in [0.15, 0.2) is 48.7 Å². The van der Waals surface area contributed by atoms with Gasteiger partial charge in [-0.3, -0.25) is 14.6 Å². The van der Waals surface area contributed by atoms with Crippen LogP contribution in [0, 0.1) is 0 Å². The third kappa shape index (κ3) is 4.20. The van der Waals surface area contributed by atoms with Gasteiger partial charge in [-0.2, -0.15) is 0 Å². The molecule has 2 heterocycles. The second-order valence-electron chi connectivity index (χ2n) is 6.70. The Morgan fingerprint density at radius 1 is 1.08 bits per heavy atom. The molecule has 2 aromatic rings. The summed E-state index contributed by atoms with van der Waals surface area (Å²) in [7, 11) is 3.93. The highest BCUT2D eigenvalue weighted by Crippen LogP contribution is 2.15. The topological polar surface area (TPSA) is 65.5 Å². The van der Waals surface area contributed by atoms with Crippen LogP contribution in [0.1, 0.15) is 33.7 Å². The number of piperidine rings is 1. The van der Waals surface area contributed by atoms with Crippen LogP contribution in [0.5, 0.6) is 0 Å². The Kier molecular flexibility index (Phi) is 5.51. The Morgan fingerprint density at radius 3 is 2.35 bits per heavy atom. The van der Waals surface area contributed by atoms with E-state index in [0.717, 1.165) is 18.5 Å². The molecule has 1 aliphatic heterocycles. The second kappa shape index (κ2) is 7.99. The molecule has 1 aromatic carbocycles. The fourth-order valence-corrected chi connectivity index (χ4v) is 3.06. The Bertz CT molecular complexity index is 751. The third-order valence-corrected chi connectivity index (χ3v) is 4.65. The molecule has 6 nitrogen and oxygen atoms in total. The molecular weight excluding hydrogens is 328 g/mol. The third-order valence-electron chi connectivity index (χ3n) is 4.65. The summed E-state index contributed by atoms with van der Waals surface area (Å²) in [5.74, 6) is -0.112. The number of carbonyl (C=O) groups is 2. The van der Waals surface area contributed by atoms with Crippen molar-refractivity contribution < 1.29 is 9.59 Å². The van der Waals surface area contributed by atoms with E-state index < -0.39 is 0 Å². The summed E-state index contributed by atoms with van der Waals surface area (Å²) in [6.07, 6.45) is 3.13. The van der Waals surface area contributed by atoms with Gasteiger partial charge >= 0.3 is 0 Å². The highest BCUT2D eigenvalue weighted by atomic mass is 16.2. The number of nitrogens with zero attached hydrogens (tertiary/aromatic N) is 3. The first-order valence-corrected chi connectivity index (χ1v) is 8.83. The summed E-state index contributed by atoms with van der Waals surface area (Å²) in [5, 5.41) is 3.08. The second-order valence-corrected chi connectivity index (χ2v) is 6.70. The quantitative estimate of drug-likeness (QED) is 0.916. The van der Waals surface area contributed by atoms with Crippen LogP contribution in [-0.2, 0) is 0 Å². The van der Waals surface area contributed by atoms with Gasteiger partial charge in [-0.25, -0.2) is 0 Å². The molecule has 26 heavy (non-hydrogen) atoms. The molecule has 1 aromatic heterocycles. The van der Waals surface area contributed by atoms with Gasteiger partial charge in [-0.15, -0.1) is 0 Å². The Morgan fingerprint density at radius 2 is 1.77 bits per heavy atom. The first kappa shape index (κ1) is 17.9. The normalized spacial score (nSPS) is 14.8. The molecule has 0 saturated carbocycles. The number of rotatable bonds is 4. The molecule has 0 unspecified atom stereocenters. The molecule has 1 fully saturated rings. The number of nitrogens with one attached hydrogen (secondary N) is 1. The number of hydrogen-bond donors (Lipinski definition) is 1. The Labute approximate surface area is 153 Å². The molecule has 1 saturated heterocycles. The lowest BCUT2D eigenvalue weighted by atomic mass is 10.0. The molecule has 0 atom stereocenters. The summed E-state index contributed by atoms with van der Waals surface area (Å²) in [6, 6.07) is 13.0. The van der Waals surface area contributed by atoms with Crippen molar-refractivity contribution in [3.05, 3.63) is 59.9 Å². The summed E-state index contributed by atoms with van der Waals surface area (Å²) in [5.41, 5.74) is 2.18. The van der Waals surface area contributed by atoms with Crippen molar-refractivity contribution in [1.29, 1.82) is 0 Å². The van der Waals surface area contributed by atoms with Crippen molar-refractivity contribution in [3.63, 3.8) is 0 Å². The molecular formula is C20H24N4O2. The fourth-order valence-electron chi connectivity index (χ4n) is 3.06. The maximum atomic E-state index is 12.4. The van der Waals surface area contributed by atoms with Crippen molar-refractivity contribution in [3.8, 4) is 0 Å². The number of pyridine rings is 1. The van der Waals surface area contributed by atoms with Gasteiger partial charge in [0.1, 0.15) is 5.69 Å². The van der Waals surface area contributed by atoms with Crippen LogP contribution in [-0.4, -0.2) is 54.9 Å². The minimum Gasteiger partial charge on any atom is -0.378 e. The lowest BCUT2D eigenvalue weighted by Gasteiger charge is -2.32. The maximum absolute atomic E-state index is 12.4. The van der Waals surface area contributed by atoms with Gasteiger partial charge in [-0.1, -0.05) is 6.07 Å². The molecule has 0 aliphatic carbocycles. The van der Waals surface area contributed by atoms with Crippen LogP contribution < -0.4 is 10.2 Å². The van der Waals surface area contributed by atoms with E-state index in [1.54, 1.807) is 23.2 Å². The van der Waals surface area contributed by atoms with E-state index in [4.69, 9.17) is 0 Å². The van der Waals surface area contributed by atoms with Crippen molar-refractivity contribution in [1.82, 2.24) is 15.2 Å². The summed E-state index contributed by atoms with van der Waals surface area (Å²) in [4.78, 5) is 32.7. The van der Waals surface area contributed by atoms with Gasteiger partial charge in [-0.05, 0) is 49.2 Å². The van der Waals surface area contributed by atoms with Gasteiger partial charge < -0.3 is 15.1 Å². The predicted molar refractivity (Wildman–Crippen MR) is 101 cm³/mol. The standard InChI is InChI=1S/C20H24N4O2/c1-23(2)17-8-6-15(7-9-17)19(25)22-16-10-13-24(14-11-16)20(26)18-5-3-4-12-21-18/h3-9,12,16H,10-11,13-14H2,1-2H3,(H,22,25). The average molecular weight is 352 g/mol. The first-order chi connectivity index (χ1) is 12.5. The zero-order valence-corrected chi connectivity index (χ0v) is 15.2. The minimum absolute atomic E-state index is 0.0466. The lowest BCUT2D eigenvalue weighted by molar-refractivity contribution is 0.0692. The van der Waals surface area contributed by atoms with Gasteiger partial charge in [0.05, 0.1) is 0 Å². The smallest absolute Gasteiger partial charge is 0.272 e. The number of amides is 2. The molecule has 0 spiro atoms. The van der Waals surface area contributed by atoms with Crippen molar-refractivity contribution in [2.45, 2.75) is 18.9 Å². The van der Waals surface area contributed by atoms with E-state index in [1.165, 1.54) is 0 Å². The molecule has 1 aliphatic rings.